The SMILES string of the molecule is CC(C)(C)c1ccc(C2c3sc(=O)n(CC(=O)Nc4ccc(Cl)c(Cl)c4)c3SC3C(=O)N(c4ccc([N+](=O)[O-])cc4)C(=O)C32)cc1. The molecule has 3 atom stereocenters. The van der Waals surface area contributed by atoms with E-state index >= 15 is 0 Å². The Hall–Kier alpha value is -3.97. The molecule has 1 fully saturated rings. The van der Waals surface area contributed by atoms with Gasteiger partial charge in [-0.2, -0.15) is 0 Å². The maximum absolute atomic E-state index is 14.1. The number of non-ortho nitro benzene ring substituents is 1. The van der Waals surface area contributed by atoms with Crippen molar-refractivity contribution in [1.82, 2.24) is 4.57 Å². The minimum atomic E-state index is -0.902. The van der Waals surface area contributed by atoms with Crippen molar-refractivity contribution < 1.29 is 19.3 Å². The van der Waals surface area contributed by atoms with E-state index in [-0.39, 0.29) is 28.4 Å². The number of nitrogens with one attached hydrogen (secondary N) is 1. The Bertz CT molecular complexity index is 1970. The highest BCUT2D eigenvalue weighted by molar-refractivity contribution is 8.00. The predicted molar refractivity (Wildman–Crippen MR) is 179 cm³/mol. The smallest absolute Gasteiger partial charge is 0.308 e. The van der Waals surface area contributed by atoms with Crippen LogP contribution in [0.15, 0.2) is 76.6 Å². The number of thioether (sulfide) groups is 1. The van der Waals surface area contributed by atoms with Crippen molar-refractivity contribution in [2.45, 2.75) is 48.9 Å². The van der Waals surface area contributed by atoms with E-state index in [0.717, 1.165) is 39.1 Å². The number of fused-ring (bicyclic) bond motifs is 2. The number of amides is 3. The predicted octanol–water partition coefficient (Wildman–Crippen LogP) is 6.86. The lowest BCUT2D eigenvalue weighted by Gasteiger charge is -2.31. The third-order valence-corrected chi connectivity index (χ3v) is 11.4. The molecule has 3 unspecified atom stereocenters. The van der Waals surface area contributed by atoms with Crippen LogP contribution in [0.4, 0.5) is 17.1 Å². The van der Waals surface area contributed by atoms with Crippen molar-refractivity contribution in [2.24, 2.45) is 5.92 Å². The number of rotatable bonds is 6. The van der Waals surface area contributed by atoms with Crippen LogP contribution in [0.25, 0.3) is 0 Å². The molecule has 0 radical (unpaired) electrons. The van der Waals surface area contributed by atoms with E-state index in [1.807, 2.05) is 24.3 Å². The Morgan fingerprint density at radius 1 is 0.957 bits per heavy atom. The number of benzene rings is 3. The molecule has 2 aliphatic heterocycles. The number of halogens is 2. The minimum absolute atomic E-state index is 0.129. The fraction of sp³-hybridized carbons (Fsp3) is 0.250. The number of nitro benzene ring substituents is 1. The lowest BCUT2D eigenvalue weighted by Crippen LogP contribution is -2.33. The van der Waals surface area contributed by atoms with E-state index in [2.05, 4.69) is 26.1 Å². The molecular formula is C32H26Cl2N4O6S2. The van der Waals surface area contributed by atoms with Gasteiger partial charge in [0, 0.05) is 28.6 Å². The first-order valence-corrected chi connectivity index (χ1v) is 16.6. The van der Waals surface area contributed by atoms with Gasteiger partial charge >= 0.3 is 4.87 Å². The third-order valence-electron chi connectivity index (χ3n) is 8.01. The molecule has 0 aliphatic carbocycles. The molecule has 46 heavy (non-hydrogen) atoms. The zero-order valence-corrected chi connectivity index (χ0v) is 27.8. The quantitative estimate of drug-likeness (QED) is 0.132. The highest BCUT2D eigenvalue weighted by Gasteiger charge is 2.57. The number of anilines is 2. The van der Waals surface area contributed by atoms with Crippen LogP contribution >= 0.6 is 46.3 Å². The molecule has 0 saturated carbocycles. The second-order valence-electron chi connectivity index (χ2n) is 12.0. The van der Waals surface area contributed by atoms with E-state index in [0.29, 0.717) is 20.6 Å². The van der Waals surface area contributed by atoms with Gasteiger partial charge in [-0.05, 0) is 46.9 Å². The molecule has 1 N–H and O–H groups in total. The fourth-order valence-electron chi connectivity index (χ4n) is 5.70. The van der Waals surface area contributed by atoms with E-state index in [1.54, 1.807) is 12.1 Å². The number of thiazole rings is 1. The minimum Gasteiger partial charge on any atom is -0.324 e. The summed E-state index contributed by atoms with van der Waals surface area (Å²) in [6.45, 7) is 5.93. The van der Waals surface area contributed by atoms with Crippen LogP contribution < -0.4 is 15.1 Å². The number of nitrogens with zero attached hydrogens (tertiary/aromatic N) is 3. The van der Waals surface area contributed by atoms with Gasteiger partial charge < -0.3 is 5.32 Å². The van der Waals surface area contributed by atoms with Gasteiger partial charge in [-0.3, -0.25) is 33.9 Å². The van der Waals surface area contributed by atoms with E-state index < -0.39 is 44.6 Å². The van der Waals surface area contributed by atoms with E-state index in [9.17, 15) is 29.3 Å². The normalized spacial score (nSPS) is 19.2. The number of hydrogen-bond donors (Lipinski definition) is 1. The molecular weight excluding hydrogens is 671 g/mol. The first-order chi connectivity index (χ1) is 21.7. The maximum Gasteiger partial charge on any atom is 0.308 e. The highest BCUT2D eigenvalue weighted by Crippen LogP contribution is 2.54. The summed E-state index contributed by atoms with van der Waals surface area (Å²) in [4.78, 5) is 66.5. The number of nitro groups is 1. The Morgan fingerprint density at radius 2 is 1.63 bits per heavy atom. The van der Waals surface area contributed by atoms with Crippen LogP contribution in [0.2, 0.25) is 10.0 Å². The van der Waals surface area contributed by atoms with Crippen molar-refractivity contribution >= 4 is 81.1 Å². The van der Waals surface area contributed by atoms with Crippen molar-refractivity contribution in [3.63, 3.8) is 0 Å². The average Bonchev–Trinajstić information content (AvgIpc) is 3.44. The number of imide groups is 1. The Balaban J connectivity index is 1.40. The van der Waals surface area contributed by atoms with Gasteiger partial charge in [-0.25, -0.2) is 4.90 Å². The average molecular weight is 698 g/mol. The lowest BCUT2D eigenvalue weighted by molar-refractivity contribution is -0.384. The largest absolute Gasteiger partial charge is 0.324 e. The van der Waals surface area contributed by atoms with Gasteiger partial charge in [-0.1, -0.05) is 91.3 Å². The first kappa shape index (κ1) is 32.0. The Morgan fingerprint density at radius 3 is 2.24 bits per heavy atom. The Kier molecular flexibility index (Phi) is 8.34. The lowest BCUT2D eigenvalue weighted by atomic mass is 9.81. The summed E-state index contributed by atoms with van der Waals surface area (Å²) in [5.41, 5.74) is 2.15. The molecule has 3 amide bonds. The van der Waals surface area contributed by atoms with Crippen LogP contribution in [0.1, 0.15) is 42.7 Å². The van der Waals surface area contributed by atoms with Crippen molar-refractivity contribution in [1.29, 1.82) is 0 Å². The summed E-state index contributed by atoms with van der Waals surface area (Å²) >= 11 is 14.1. The summed E-state index contributed by atoms with van der Waals surface area (Å²) in [5.74, 6) is -2.95. The van der Waals surface area contributed by atoms with Gasteiger partial charge in [-0.15, -0.1) is 0 Å². The summed E-state index contributed by atoms with van der Waals surface area (Å²) in [5, 5.41) is 14.1. The molecule has 10 nitrogen and oxygen atoms in total. The maximum atomic E-state index is 14.1. The molecule has 6 rings (SSSR count). The number of carbonyl (C=O) groups excluding carboxylic acids is 3. The molecule has 3 aromatic carbocycles. The van der Waals surface area contributed by atoms with E-state index in [1.165, 1.54) is 34.9 Å². The van der Waals surface area contributed by atoms with Crippen molar-refractivity contribution in [3.05, 3.63) is 113 Å². The van der Waals surface area contributed by atoms with Crippen LogP contribution in [0, 0.1) is 16.0 Å². The first-order valence-electron chi connectivity index (χ1n) is 14.1. The zero-order valence-electron chi connectivity index (χ0n) is 24.7. The van der Waals surface area contributed by atoms with Crippen LogP contribution in [-0.2, 0) is 26.3 Å². The second-order valence-corrected chi connectivity index (χ2v) is 14.9. The van der Waals surface area contributed by atoms with Gasteiger partial charge in [0.25, 0.3) is 5.69 Å². The van der Waals surface area contributed by atoms with Crippen molar-refractivity contribution in [2.75, 3.05) is 10.2 Å². The molecule has 4 aromatic rings. The van der Waals surface area contributed by atoms with Crippen LogP contribution in [0.5, 0.6) is 0 Å². The standard InChI is InChI=1S/C32H26Cl2N4O6S2/c1-32(2,3)17-6-4-16(5-7-17)24-25-26(29(41)37(28(25)40)19-9-11-20(12-10-19)38(43)44)45-30-27(24)46-31(42)36(30)15-23(39)35-18-8-13-21(33)22(34)14-18/h4-14,24-26H,15H2,1-3H3,(H,35,39). The highest BCUT2D eigenvalue weighted by atomic mass is 35.5. The van der Waals surface area contributed by atoms with Crippen molar-refractivity contribution in [3.8, 4) is 0 Å². The molecule has 236 valence electrons. The molecule has 0 bridgehead atoms. The zero-order chi connectivity index (χ0) is 33.1. The topological polar surface area (TPSA) is 132 Å². The van der Waals surface area contributed by atoms with Crippen LogP contribution in [-0.4, -0.2) is 32.5 Å². The summed E-state index contributed by atoms with van der Waals surface area (Å²) in [7, 11) is 0. The fourth-order valence-corrected chi connectivity index (χ4v) is 8.77. The summed E-state index contributed by atoms with van der Waals surface area (Å²) < 4.78 is 1.33. The molecule has 1 aromatic heterocycles. The van der Waals surface area contributed by atoms with Crippen LogP contribution in [0.3, 0.4) is 0 Å². The molecule has 1 saturated heterocycles. The number of aromatic nitrogens is 1. The molecule has 0 spiro atoms. The van der Waals surface area contributed by atoms with Gasteiger partial charge in [0.05, 0.1) is 31.6 Å². The van der Waals surface area contributed by atoms with E-state index in [4.69, 9.17) is 23.2 Å². The second kappa shape index (κ2) is 12.0. The summed E-state index contributed by atoms with van der Waals surface area (Å²) in [6.07, 6.45) is 0. The third kappa shape index (κ3) is 5.74. The van der Waals surface area contributed by atoms with Gasteiger partial charge in [0.15, 0.2) is 0 Å². The molecule has 14 heteroatoms. The van der Waals surface area contributed by atoms with Gasteiger partial charge in [0.2, 0.25) is 17.7 Å². The Labute approximate surface area is 281 Å². The summed E-state index contributed by atoms with van der Waals surface area (Å²) in [6, 6.07) is 17.7. The molecule has 2 aliphatic rings. The number of hydrogen-bond acceptors (Lipinski definition) is 8. The molecule has 3 heterocycles. The number of carbonyl (C=O) groups is 3. The van der Waals surface area contributed by atoms with Gasteiger partial charge in [0.1, 0.15) is 11.8 Å². The monoisotopic (exact) mass is 696 g/mol.